The summed E-state index contributed by atoms with van der Waals surface area (Å²) in [6.07, 6.45) is 4.33. The molecule has 0 unspecified atom stereocenters. The Morgan fingerprint density at radius 2 is 1.27 bits per heavy atom. The zero-order valence-corrected chi connectivity index (χ0v) is 26.6. The average molecular weight is 617 g/mol. The van der Waals surface area contributed by atoms with Crippen LogP contribution in [0.2, 0.25) is 0 Å². The Hall–Kier alpha value is -6.19. The first-order valence-electron chi connectivity index (χ1n) is 16.4. The van der Waals surface area contributed by atoms with E-state index in [1.54, 1.807) is 0 Å². The largest absolute Gasteiger partial charge is 0.456 e. The molecule has 2 heterocycles. The van der Waals surface area contributed by atoms with Crippen LogP contribution in [0.25, 0.3) is 44.8 Å². The van der Waals surface area contributed by atoms with Gasteiger partial charge < -0.3 is 4.74 Å². The van der Waals surface area contributed by atoms with Crippen molar-refractivity contribution in [2.45, 2.75) is 12.3 Å². The lowest BCUT2D eigenvalue weighted by atomic mass is 9.65. The maximum atomic E-state index is 6.87. The van der Waals surface area contributed by atoms with Gasteiger partial charge in [0.1, 0.15) is 17.3 Å². The molecule has 0 amide bonds. The van der Waals surface area contributed by atoms with E-state index >= 15 is 0 Å². The van der Waals surface area contributed by atoms with E-state index in [9.17, 15) is 0 Å². The number of para-hydroxylation sites is 4. The number of allylic oxidation sites excluding steroid dienone is 4. The van der Waals surface area contributed by atoms with Crippen molar-refractivity contribution in [2.24, 2.45) is 0 Å². The van der Waals surface area contributed by atoms with Gasteiger partial charge >= 0.3 is 0 Å². The van der Waals surface area contributed by atoms with Crippen LogP contribution in [-0.2, 0) is 5.41 Å². The van der Waals surface area contributed by atoms with Crippen LogP contribution < -0.4 is 4.74 Å². The summed E-state index contributed by atoms with van der Waals surface area (Å²) in [6.45, 7) is 6.76. The van der Waals surface area contributed by atoms with Crippen molar-refractivity contribution in [1.29, 1.82) is 0 Å². The summed E-state index contributed by atoms with van der Waals surface area (Å²) < 4.78 is 9.10. The van der Waals surface area contributed by atoms with Gasteiger partial charge in [-0.2, -0.15) is 0 Å². The van der Waals surface area contributed by atoms with E-state index in [-0.39, 0.29) is 0 Å². The van der Waals surface area contributed by atoms with Gasteiger partial charge in [0.05, 0.1) is 16.4 Å². The zero-order chi connectivity index (χ0) is 32.2. The number of imidazole rings is 1. The number of ether oxygens (including phenoxy) is 1. The number of hydrogen-bond acceptors (Lipinski definition) is 2. The van der Waals surface area contributed by atoms with E-state index in [1.165, 1.54) is 22.3 Å². The summed E-state index contributed by atoms with van der Waals surface area (Å²) in [5.74, 6) is 2.53. The summed E-state index contributed by atoms with van der Waals surface area (Å²) in [5.41, 5.74) is 12.7. The van der Waals surface area contributed by atoms with Gasteiger partial charge in [-0.1, -0.05) is 140 Å². The first-order chi connectivity index (χ1) is 23.7. The van der Waals surface area contributed by atoms with Crippen molar-refractivity contribution >= 4 is 16.6 Å². The fourth-order valence-electron chi connectivity index (χ4n) is 7.76. The number of benzene rings is 6. The molecule has 7 aromatic rings. The highest BCUT2D eigenvalue weighted by molar-refractivity contribution is 5.91. The van der Waals surface area contributed by atoms with E-state index in [1.807, 2.05) is 18.2 Å². The maximum absolute atomic E-state index is 6.87. The monoisotopic (exact) mass is 616 g/mol. The molecule has 0 N–H and O–H groups in total. The smallest absolute Gasteiger partial charge is 0.145 e. The van der Waals surface area contributed by atoms with Crippen molar-refractivity contribution in [1.82, 2.24) is 9.55 Å². The van der Waals surface area contributed by atoms with E-state index < -0.39 is 5.41 Å². The molecule has 228 valence electrons. The number of nitrogens with zero attached hydrogens (tertiary/aromatic N) is 2. The van der Waals surface area contributed by atoms with E-state index in [0.717, 1.165) is 61.9 Å². The summed E-state index contributed by atoms with van der Waals surface area (Å²) in [7, 11) is 0. The highest BCUT2D eigenvalue weighted by Gasteiger charge is 2.51. The number of fused-ring (bicyclic) bond motifs is 8. The molecule has 0 atom stereocenters. The quantitative estimate of drug-likeness (QED) is 0.192. The predicted molar refractivity (Wildman–Crippen MR) is 196 cm³/mol. The molecule has 9 rings (SSSR count). The topological polar surface area (TPSA) is 27.1 Å². The van der Waals surface area contributed by atoms with E-state index in [2.05, 4.69) is 164 Å². The molecule has 1 spiro atoms. The molecular weight excluding hydrogens is 585 g/mol. The van der Waals surface area contributed by atoms with Crippen molar-refractivity contribution in [3.63, 3.8) is 0 Å². The molecule has 0 bridgehead atoms. The first-order valence-corrected chi connectivity index (χ1v) is 16.4. The fraction of sp³-hybridized carbons (Fsp3) is 0.0444. The number of aromatic nitrogens is 2. The van der Waals surface area contributed by atoms with Crippen LogP contribution in [0.5, 0.6) is 5.75 Å². The predicted octanol–water partition coefficient (Wildman–Crippen LogP) is 10.9. The molecule has 48 heavy (non-hydrogen) atoms. The lowest BCUT2D eigenvalue weighted by Crippen LogP contribution is -2.34. The fourth-order valence-corrected chi connectivity index (χ4v) is 7.76. The van der Waals surface area contributed by atoms with Crippen LogP contribution in [0.3, 0.4) is 0 Å². The van der Waals surface area contributed by atoms with Crippen molar-refractivity contribution in [3.05, 3.63) is 204 Å². The van der Waals surface area contributed by atoms with E-state index in [0.29, 0.717) is 0 Å². The first kappa shape index (κ1) is 28.1. The summed E-state index contributed by atoms with van der Waals surface area (Å²) in [4.78, 5) is 5.07. The van der Waals surface area contributed by atoms with Crippen LogP contribution in [-0.4, -0.2) is 9.55 Å². The summed E-state index contributed by atoms with van der Waals surface area (Å²) in [6, 6.07) is 53.3. The molecule has 1 aliphatic carbocycles. The van der Waals surface area contributed by atoms with Gasteiger partial charge in [-0.3, -0.25) is 4.57 Å². The number of hydrogen-bond donors (Lipinski definition) is 0. The van der Waals surface area contributed by atoms with Crippen molar-refractivity contribution in [2.75, 3.05) is 0 Å². The third-order valence-electron chi connectivity index (χ3n) is 9.78. The third kappa shape index (κ3) is 3.98. The second-order valence-electron chi connectivity index (χ2n) is 12.3. The Morgan fingerprint density at radius 3 is 1.98 bits per heavy atom. The number of rotatable bonds is 5. The standard InChI is InChI=1S/C45H32N2O/c1-3-15-39-43(48-42-25-14-11-22-38(42)45(39)36-20-9-7-18-34(36)35-19-8-10-21-37(35)45)30(2)31-26-28-32(29-27-31)44-46-40-23-12-13-24-41(40)47(44)33-16-5-4-6-17-33/h3-29H,2H2,1H3/b15-3-. The minimum Gasteiger partial charge on any atom is -0.456 e. The Kier molecular flexibility index (Phi) is 6.41. The second-order valence-corrected chi connectivity index (χ2v) is 12.3. The normalized spacial score (nSPS) is 14.2. The molecule has 3 heteroatoms. The Labute approximate surface area is 280 Å². The summed E-state index contributed by atoms with van der Waals surface area (Å²) >= 11 is 0. The Morgan fingerprint density at radius 1 is 0.667 bits per heavy atom. The maximum Gasteiger partial charge on any atom is 0.145 e. The Balaban J connectivity index is 1.22. The molecule has 0 fully saturated rings. The van der Waals surface area contributed by atoms with Crippen molar-refractivity contribution in [3.8, 4) is 34.0 Å². The molecule has 1 aliphatic heterocycles. The minimum absolute atomic E-state index is 0.548. The highest BCUT2D eigenvalue weighted by Crippen LogP contribution is 2.61. The van der Waals surface area contributed by atoms with Crippen LogP contribution in [0.1, 0.15) is 29.2 Å². The molecule has 2 aliphatic rings. The van der Waals surface area contributed by atoms with E-state index in [4.69, 9.17) is 9.72 Å². The lowest BCUT2D eigenvalue weighted by molar-refractivity contribution is 0.407. The zero-order valence-electron chi connectivity index (χ0n) is 26.6. The molecule has 0 saturated heterocycles. The lowest BCUT2D eigenvalue weighted by Gasteiger charge is -2.40. The third-order valence-corrected chi connectivity index (χ3v) is 9.78. The molecule has 1 aromatic heterocycles. The molecule has 3 nitrogen and oxygen atoms in total. The van der Waals surface area contributed by atoms with Gasteiger partial charge in [-0.25, -0.2) is 4.98 Å². The molecule has 6 aromatic carbocycles. The van der Waals surface area contributed by atoms with Crippen LogP contribution >= 0.6 is 0 Å². The summed E-state index contributed by atoms with van der Waals surface area (Å²) in [5, 5.41) is 0. The Bertz CT molecular complexity index is 2400. The van der Waals surface area contributed by atoms with Gasteiger partial charge in [-0.15, -0.1) is 0 Å². The van der Waals surface area contributed by atoms with Crippen LogP contribution in [0, 0.1) is 0 Å². The van der Waals surface area contributed by atoms with Crippen LogP contribution in [0.4, 0.5) is 0 Å². The van der Waals surface area contributed by atoms with Crippen molar-refractivity contribution < 1.29 is 4.74 Å². The highest BCUT2D eigenvalue weighted by atomic mass is 16.5. The van der Waals surface area contributed by atoms with Gasteiger partial charge in [0.25, 0.3) is 0 Å². The second kappa shape index (κ2) is 11.0. The van der Waals surface area contributed by atoms with Gasteiger partial charge in [0, 0.05) is 28.0 Å². The molecule has 0 radical (unpaired) electrons. The minimum atomic E-state index is -0.548. The van der Waals surface area contributed by atoms with Gasteiger partial charge in [-0.05, 0) is 65.1 Å². The average Bonchev–Trinajstić information content (AvgIpc) is 3.68. The van der Waals surface area contributed by atoms with Gasteiger partial charge in [0.15, 0.2) is 0 Å². The SMILES string of the molecule is C=C(C1=C(/C=C\C)C2(c3ccccc3O1)c1ccccc1-c1ccccc12)c1ccc(-c2nc3ccccc3n2-c2ccccc2)cc1. The van der Waals surface area contributed by atoms with Crippen LogP contribution in [0.15, 0.2) is 182 Å². The van der Waals surface area contributed by atoms with Gasteiger partial charge in [0.2, 0.25) is 0 Å². The molecular formula is C45H32N2O. The molecule has 0 saturated carbocycles.